The van der Waals surface area contributed by atoms with Crippen LogP contribution in [0.2, 0.25) is 3.12 Å². The Labute approximate surface area is 306 Å². The maximum atomic E-state index is 5.76. The van der Waals surface area contributed by atoms with Crippen molar-refractivity contribution in [1.29, 1.82) is 0 Å². The normalized spacial score (nSPS) is 29.9. The topological polar surface area (TPSA) is 0 Å². The van der Waals surface area contributed by atoms with Crippen molar-refractivity contribution < 1.29 is 19.8 Å². The second-order valence-electron chi connectivity index (χ2n) is 17.0. The number of halogens is 2. The number of hydrogen-bond donors (Lipinski definition) is 0. The van der Waals surface area contributed by atoms with Gasteiger partial charge < -0.3 is 0 Å². The molecule has 0 N–H and O–H groups in total. The molecule has 5 aliphatic rings. The number of fused-ring (bicyclic) bond motifs is 7. The molecule has 0 amide bonds. The van der Waals surface area contributed by atoms with Gasteiger partial charge in [0.05, 0.1) is 0 Å². The van der Waals surface area contributed by atoms with Gasteiger partial charge in [-0.25, -0.2) is 0 Å². The van der Waals surface area contributed by atoms with E-state index in [4.69, 9.17) is 4.21 Å². The van der Waals surface area contributed by atoms with Gasteiger partial charge in [-0.3, -0.25) is 0 Å². The Hall–Kier alpha value is -2.05. The molecule has 0 bridgehead atoms. The fourth-order valence-electron chi connectivity index (χ4n) is 11.7. The van der Waals surface area contributed by atoms with E-state index < -0.39 is 19.8 Å². The predicted octanol–water partition coefficient (Wildman–Crippen LogP) is 12.3. The minimum absolute atomic E-state index is 0. The summed E-state index contributed by atoms with van der Waals surface area (Å²) in [5, 5.41) is 2.68. The standard InChI is InChI=1S/C29H37.C10H7.C5H5.CH2.2ClH.Zr/c1-18-25-22-17-19-13-9-10-14-20(19)24(22)21-15-11-12-16-23(21)29(25,8)28(6,7)27(4,5)26(18,2)3;1-2-6-10-8-4-3-7-9(10)5-1;1-2-4-5-3-1;;;;/h9-11,13-15,23H,12,16-17H2,1-8H3;1-3,5-8H;1-3H,4H2;1H2;2*1H;. The van der Waals surface area contributed by atoms with Gasteiger partial charge in [0.1, 0.15) is 0 Å². The molecule has 0 aliphatic heterocycles. The third-order valence-electron chi connectivity index (χ3n) is 15.6. The van der Waals surface area contributed by atoms with Gasteiger partial charge in [-0.2, -0.15) is 0 Å². The predicted molar refractivity (Wildman–Crippen MR) is 211 cm³/mol. The Morgan fingerprint density at radius 1 is 0.750 bits per heavy atom. The summed E-state index contributed by atoms with van der Waals surface area (Å²) in [4.78, 5) is 0. The molecule has 3 heteroatoms. The number of hydrogen-bond acceptors (Lipinski definition) is 0. The monoisotopic (exact) mass is 753 g/mol. The van der Waals surface area contributed by atoms with Gasteiger partial charge in [0.2, 0.25) is 0 Å². The zero-order valence-corrected chi connectivity index (χ0v) is 34.3. The molecule has 0 nitrogen and oxygen atoms in total. The molecule has 3 aromatic rings. The Morgan fingerprint density at radius 3 is 2.15 bits per heavy atom. The minimum atomic E-state index is -3.90. The summed E-state index contributed by atoms with van der Waals surface area (Å²) in [5.41, 5.74) is 9.66. The van der Waals surface area contributed by atoms with E-state index in [1.807, 2.05) is 0 Å². The van der Waals surface area contributed by atoms with Crippen LogP contribution in [-0.4, -0.2) is 4.21 Å². The van der Waals surface area contributed by atoms with Gasteiger partial charge in [-0.05, 0) is 0 Å². The first-order chi connectivity index (χ1) is 21.7. The van der Waals surface area contributed by atoms with E-state index in [0.29, 0.717) is 5.92 Å². The second-order valence-corrected chi connectivity index (χ2v) is 27.0. The summed E-state index contributed by atoms with van der Waals surface area (Å²) in [5.74, 6) is 0.491. The van der Waals surface area contributed by atoms with E-state index in [0.717, 1.165) is 19.3 Å². The van der Waals surface area contributed by atoms with E-state index in [1.54, 1.807) is 28.8 Å². The summed E-state index contributed by atoms with van der Waals surface area (Å²) in [6.07, 6.45) is 16.7. The van der Waals surface area contributed by atoms with Crippen LogP contribution >= 0.6 is 24.8 Å². The van der Waals surface area contributed by atoms with Crippen molar-refractivity contribution >= 4 is 48.6 Å². The fraction of sp³-hybridized carbons (Fsp3) is 0.400. The Kier molecular flexibility index (Phi) is 8.56. The SMILES string of the molecule is Cl.Cl.[CH2]=[Zr]([C]1=CC=CC1)([c]1ccc2ccccc2c1)[C]1(C)C2=C3Cc4ccccc4C3=C3C=CCCC3C2(C)C(C)(C)C(C)(C)C1(C)C. The van der Waals surface area contributed by atoms with Crippen LogP contribution in [0.5, 0.6) is 0 Å². The Bertz CT molecular complexity index is 2050. The molecule has 1 saturated carbocycles. The van der Waals surface area contributed by atoms with Crippen molar-refractivity contribution in [2.45, 2.75) is 84.2 Å². The summed E-state index contributed by atoms with van der Waals surface area (Å²) < 4.78 is 8.88. The molecule has 251 valence electrons. The summed E-state index contributed by atoms with van der Waals surface area (Å²) in [6, 6.07) is 25.8. The molecule has 3 aromatic carbocycles. The number of benzene rings is 3. The van der Waals surface area contributed by atoms with E-state index in [-0.39, 0.29) is 49.6 Å². The molecule has 1 fully saturated rings. The Morgan fingerprint density at radius 2 is 1.44 bits per heavy atom. The maximum absolute atomic E-state index is 5.76. The summed E-state index contributed by atoms with van der Waals surface area (Å²) in [7, 11) is 0. The number of rotatable bonds is 3. The third kappa shape index (κ3) is 4.02. The van der Waals surface area contributed by atoms with Crippen LogP contribution in [0.15, 0.2) is 117 Å². The van der Waals surface area contributed by atoms with Gasteiger partial charge in [0, 0.05) is 0 Å². The van der Waals surface area contributed by atoms with Gasteiger partial charge >= 0.3 is 284 Å². The van der Waals surface area contributed by atoms with Crippen molar-refractivity contribution in [3.05, 3.63) is 128 Å². The van der Waals surface area contributed by atoms with Crippen molar-refractivity contribution in [2.75, 3.05) is 0 Å². The zero-order chi connectivity index (χ0) is 32.5. The van der Waals surface area contributed by atoms with Gasteiger partial charge in [-0.15, -0.1) is 24.8 Å². The molecule has 5 aliphatic carbocycles. The van der Waals surface area contributed by atoms with Crippen LogP contribution in [0.25, 0.3) is 16.3 Å². The third-order valence-corrected chi connectivity index (χ3v) is 28.8. The van der Waals surface area contributed by atoms with Crippen molar-refractivity contribution in [3.63, 3.8) is 0 Å². The van der Waals surface area contributed by atoms with Gasteiger partial charge in [0.25, 0.3) is 0 Å². The molecular formula is C45H53Cl2Zr. The molecular weight excluding hydrogens is 703 g/mol. The van der Waals surface area contributed by atoms with Gasteiger partial charge in [-0.1, -0.05) is 0 Å². The van der Waals surface area contributed by atoms with Crippen LogP contribution in [0.1, 0.15) is 85.8 Å². The zero-order valence-electron chi connectivity index (χ0n) is 30.2. The van der Waals surface area contributed by atoms with Gasteiger partial charge in [0.15, 0.2) is 0 Å². The summed E-state index contributed by atoms with van der Waals surface area (Å²) in [6.45, 7) is 21.3. The average molecular weight is 756 g/mol. The first-order valence-corrected chi connectivity index (χ1v) is 23.1. The molecule has 0 heterocycles. The molecule has 8 rings (SSSR count). The van der Waals surface area contributed by atoms with E-state index in [9.17, 15) is 0 Å². The fourth-order valence-corrected chi connectivity index (χ4v) is 25.0. The molecule has 48 heavy (non-hydrogen) atoms. The van der Waals surface area contributed by atoms with Crippen LogP contribution < -0.4 is 3.27 Å². The Balaban J connectivity index is 0.00000201. The molecule has 0 saturated heterocycles. The first-order valence-electron chi connectivity index (χ1n) is 17.7. The molecule has 0 spiro atoms. The van der Waals surface area contributed by atoms with E-state index in [1.165, 1.54) is 28.3 Å². The van der Waals surface area contributed by atoms with Crippen molar-refractivity contribution in [2.24, 2.45) is 27.6 Å². The van der Waals surface area contributed by atoms with Crippen molar-refractivity contribution in [1.82, 2.24) is 0 Å². The average Bonchev–Trinajstić information content (AvgIpc) is 3.72. The van der Waals surface area contributed by atoms with Crippen molar-refractivity contribution in [3.8, 4) is 0 Å². The van der Waals surface area contributed by atoms with Crippen LogP contribution in [0.4, 0.5) is 0 Å². The number of allylic oxidation sites excluding steroid dienone is 10. The summed E-state index contributed by atoms with van der Waals surface area (Å²) >= 11 is -3.90. The van der Waals surface area contributed by atoms with Crippen LogP contribution in [0, 0.1) is 27.6 Å². The first kappa shape index (κ1) is 35.8. The van der Waals surface area contributed by atoms with Crippen LogP contribution in [-0.2, 0) is 26.2 Å². The van der Waals surface area contributed by atoms with E-state index in [2.05, 4.69) is 153 Å². The molecule has 0 radical (unpaired) electrons. The quantitative estimate of drug-likeness (QED) is 0.250. The van der Waals surface area contributed by atoms with Crippen LogP contribution in [0.3, 0.4) is 0 Å². The molecule has 4 unspecified atom stereocenters. The van der Waals surface area contributed by atoms with E-state index >= 15 is 0 Å². The molecule has 4 atom stereocenters. The molecule has 0 aromatic heterocycles. The second kappa shape index (κ2) is 11.5.